The van der Waals surface area contributed by atoms with Gasteiger partial charge in [0.15, 0.2) is 0 Å². The number of alkyl halides is 3. The summed E-state index contributed by atoms with van der Waals surface area (Å²) in [5, 5.41) is 12.8. The number of nitrogens with one attached hydrogen (secondary N) is 1. The molecule has 3 aliphatic heterocycles. The number of carbonyl (C=O) groups excluding carboxylic acids is 2. The van der Waals surface area contributed by atoms with Gasteiger partial charge in [-0.05, 0) is 24.1 Å². The molecular weight excluding hydrogens is 429 g/mol. The predicted octanol–water partition coefficient (Wildman–Crippen LogP) is 1.07. The molecule has 0 aromatic heterocycles. The van der Waals surface area contributed by atoms with Gasteiger partial charge in [0.05, 0.1) is 30.4 Å². The monoisotopic (exact) mass is 456 g/mol. The zero-order valence-electron chi connectivity index (χ0n) is 17.6. The van der Waals surface area contributed by atoms with Gasteiger partial charge < -0.3 is 25.0 Å². The van der Waals surface area contributed by atoms with E-state index in [1.165, 1.54) is 12.1 Å². The molecule has 0 saturated carbocycles. The summed E-state index contributed by atoms with van der Waals surface area (Å²) in [7, 11) is 0. The molecule has 8 nitrogen and oxygen atoms in total. The van der Waals surface area contributed by atoms with Crippen LogP contribution < -0.4 is 5.32 Å². The Kier molecular flexibility index (Phi) is 6.59. The second kappa shape index (κ2) is 9.24. The van der Waals surface area contributed by atoms with Crippen molar-refractivity contribution in [2.24, 2.45) is 0 Å². The van der Waals surface area contributed by atoms with E-state index in [4.69, 9.17) is 4.74 Å². The van der Waals surface area contributed by atoms with Gasteiger partial charge in [-0.1, -0.05) is 12.1 Å². The van der Waals surface area contributed by atoms with Crippen molar-refractivity contribution in [3.05, 3.63) is 35.4 Å². The number of piperidine rings is 1. The number of piperazine rings is 1. The number of nitrogens with zero attached hydrogens (tertiary/aromatic N) is 3. The fourth-order valence-corrected chi connectivity index (χ4v) is 4.62. The van der Waals surface area contributed by atoms with E-state index in [2.05, 4.69) is 5.32 Å². The van der Waals surface area contributed by atoms with Gasteiger partial charge in [0.25, 0.3) is 0 Å². The molecule has 2 N–H and O–H groups in total. The quantitative estimate of drug-likeness (QED) is 0.711. The van der Waals surface area contributed by atoms with Crippen LogP contribution in [0.4, 0.5) is 18.0 Å². The SMILES string of the molecule is O=C1COC2CCN(C(=O)N3CCN(C(CO)c4ccc(C(F)(F)F)cc4)CC3)CC2N1. The zero-order chi connectivity index (χ0) is 22.9. The largest absolute Gasteiger partial charge is 0.416 e. The van der Waals surface area contributed by atoms with Gasteiger partial charge in [0.1, 0.15) is 6.61 Å². The number of urea groups is 1. The third kappa shape index (κ3) is 4.84. The van der Waals surface area contributed by atoms with Crippen LogP contribution in [-0.2, 0) is 15.7 Å². The van der Waals surface area contributed by atoms with E-state index in [0.717, 1.165) is 12.1 Å². The van der Waals surface area contributed by atoms with Crippen molar-refractivity contribution in [2.45, 2.75) is 30.8 Å². The Labute approximate surface area is 183 Å². The van der Waals surface area contributed by atoms with Crippen LogP contribution >= 0.6 is 0 Å². The summed E-state index contributed by atoms with van der Waals surface area (Å²) in [6.45, 7) is 2.68. The number of aliphatic hydroxyl groups is 1. The molecule has 4 rings (SSSR count). The van der Waals surface area contributed by atoms with Crippen LogP contribution in [0.5, 0.6) is 0 Å². The number of hydrogen-bond donors (Lipinski definition) is 2. The first-order chi connectivity index (χ1) is 15.3. The highest BCUT2D eigenvalue weighted by Crippen LogP contribution is 2.31. The van der Waals surface area contributed by atoms with Gasteiger partial charge in [0.2, 0.25) is 5.91 Å². The molecule has 3 amide bonds. The summed E-state index contributed by atoms with van der Waals surface area (Å²) in [5.41, 5.74) is -0.118. The van der Waals surface area contributed by atoms with Gasteiger partial charge in [-0.15, -0.1) is 0 Å². The third-order valence-corrected chi connectivity index (χ3v) is 6.42. The second-order valence-corrected chi connectivity index (χ2v) is 8.38. The summed E-state index contributed by atoms with van der Waals surface area (Å²) in [5.74, 6) is -0.174. The Morgan fingerprint density at radius 2 is 1.81 bits per heavy atom. The van der Waals surface area contributed by atoms with Gasteiger partial charge >= 0.3 is 12.2 Å². The number of likely N-dealkylation sites (tertiary alicyclic amines) is 1. The third-order valence-electron chi connectivity index (χ3n) is 6.42. The lowest BCUT2D eigenvalue weighted by Gasteiger charge is -2.44. The first-order valence-electron chi connectivity index (χ1n) is 10.7. The average molecular weight is 456 g/mol. The molecule has 3 atom stereocenters. The number of benzene rings is 1. The highest BCUT2D eigenvalue weighted by atomic mass is 19.4. The fraction of sp³-hybridized carbons (Fsp3) is 0.619. The molecule has 0 bridgehead atoms. The van der Waals surface area contributed by atoms with Gasteiger partial charge in [-0.2, -0.15) is 13.2 Å². The smallest absolute Gasteiger partial charge is 0.394 e. The minimum atomic E-state index is -4.40. The van der Waals surface area contributed by atoms with Crippen LogP contribution in [0.3, 0.4) is 0 Å². The Hall–Kier alpha value is -2.37. The van der Waals surface area contributed by atoms with Crippen LogP contribution in [0, 0.1) is 0 Å². The first-order valence-corrected chi connectivity index (χ1v) is 10.7. The molecular formula is C21H27F3N4O4. The lowest BCUT2D eigenvalue weighted by Crippen LogP contribution is -2.63. The highest BCUT2D eigenvalue weighted by Gasteiger charge is 2.38. The van der Waals surface area contributed by atoms with Crippen LogP contribution in [0.2, 0.25) is 0 Å². The maximum atomic E-state index is 13.0. The molecule has 11 heteroatoms. The van der Waals surface area contributed by atoms with Crippen LogP contribution in [0.15, 0.2) is 24.3 Å². The molecule has 3 heterocycles. The van der Waals surface area contributed by atoms with E-state index < -0.39 is 17.8 Å². The van der Waals surface area contributed by atoms with E-state index in [-0.39, 0.29) is 37.3 Å². The lowest BCUT2D eigenvalue weighted by molar-refractivity contribution is -0.140. The summed E-state index contributed by atoms with van der Waals surface area (Å²) in [6, 6.07) is 4.11. The van der Waals surface area contributed by atoms with Gasteiger partial charge in [0, 0.05) is 39.3 Å². The standard InChI is InChI=1S/C21H27F3N4O4/c22-21(23,24)15-3-1-14(2-4-15)17(12-29)26-7-9-27(10-8-26)20(31)28-6-5-18-16(11-28)25-19(30)13-32-18/h1-4,16-18,29H,5-13H2,(H,25,30). The zero-order valence-corrected chi connectivity index (χ0v) is 17.6. The molecule has 176 valence electrons. The topological polar surface area (TPSA) is 85.4 Å². The number of carbonyl (C=O) groups is 2. The summed E-state index contributed by atoms with van der Waals surface area (Å²) in [4.78, 5) is 30.0. The van der Waals surface area contributed by atoms with E-state index in [0.29, 0.717) is 51.3 Å². The number of morpholine rings is 1. The Balaban J connectivity index is 1.33. The molecule has 1 aromatic rings. The molecule has 0 radical (unpaired) electrons. The minimum absolute atomic E-state index is 0.0576. The number of halogens is 3. The van der Waals surface area contributed by atoms with E-state index in [1.807, 2.05) is 4.90 Å². The van der Waals surface area contributed by atoms with Crippen LogP contribution in [0.1, 0.15) is 23.6 Å². The Bertz CT molecular complexity index is 827. The van der Waals surface area contributed by atoms with Crippen molar-refractivity contribution < 1.29 is 32.6 Å². The number of rotatable bonds is 3. The van der Waals surface area contributed by atoms with Crippen molar-refractivity contribution in [2.75, 3.05) is 52.5 Å². The molecule has 3 unspecified atom stereocenters. The van der Waals surface area contributed by atoms with Crippen molar-refractivity contribution in [3.8, 4) is 0 Å². The maximum absolute atomic E-state index is 13.0. The number of hydrogen-bond acceptors (Lipinski definition) is 5. The number of fused-ring (bicyclic) bond motifs is 1. The van der Waals surface area contributed by atoms with Crippen molar-refractivity contribution in [1.29, 1.82) is 0 Å². The van der Waals surface area contributed by atoms with Crippen molar-refractivity contribution >= 4 is 11.9 Å². The minimum Gasteiger partial charge on any atom is -0.394 e. The molecule has 0 aliphatic carbocycles. The molecule has 3 saturated heterocycles. The summed E-state index contributed by atoms with van der Waals surface area (Å²) >= 11 is 0. The lowest BCUT2D eigenvalue weighted by atomic mass is 10.0. The number of amides is 3. The summed E-state index contributed by atoms with van der Waals surface area (Å²) < 4.78 is 44.0. The summed E-state index contributed by atoms with van der Waals surface area (Å²) in [6.07, 6.45) is -3.81. The van der Waals surface area contributed by atoms with Gasteiger partial charge in [-0.25, -0.2) is 4.79 Å². The van der Waals surface area contributed by atoms with E-state index in [1.54, 1.807) is 9.80 Å². The number of aliphatic hydroxyl groups excluding tert-OH is 1. The second-order valence-electron chi connectivity index (χ2n) is 8.38. The van der Waals surface area contributed by atoms with Crippen LogP contribution in [0.25, 0.3) is 0 Å². The normalized spacial score (nSPS) is 25.8. The molecule has 3 aliphatic rings. The predicted molar refractivity (Wildman–Crippen MR) is 108 cm³/mol. The first kappa shape index (κ1) is 22.8. The molecule has 3 fully saturated rings. The van der Waals surface area contributed by atoms with Crippen molar-refractivity contribution in [3.63, 3.8) is 0 Å². The molecule has 0 spiro atoms. The average Bonchev–Trinajstić information content (AvgIpc) is 2.79. The van der Waals surface area contributed by atoms with E-state index in [9.17, 15) is 27.9 Å². The van der Waals surface area contributed by atoms with Gasteiger partial charge in [-0.3, -0.25) is 9.69 Å². The fourth-order valence-electron chi connectivity index (χ4n) is 4.62. The number of ether oxygens (including phenoxy) is 1. The van der Waals surface area contributed by atoms with Crippen molar-refractivity contribution in [1.82, 2.24) is 20.0 Å². The van der Waals surface area contributed by atoms with Crippen LogP contribution in [-0.4, -0.2) is 96.4 Å². The Morgan fingerprint density at radius 1 is 1.12 bits per heavy atom. The maximum Gasteiger partial charge on any atom is 0.416 e. The van der Waals surface area contributed by atoms with E-state index >= 15 is 0 Å². The molecule has 32 heavy (non-hydrogen) atoms. The molecule has 1 aromatic carbocycles. The highest BCUT2D eigenvalue weighted by molar-refractivity contribution is 5.79. The Morgan fingerprint density at radius 3 is 2.44 bits per heavy atom.